The predicted octanol–water partition coefficient (Wildman–Crippen LogP) is 4.97. The third-order valence-corrected chi connectivity index (χ3v) is 7.43. The lowest BCUT2D eigenvalue weighted by atomic mass is 10.0. The van der Waals surface area contributed by atoms with Crippen molar-refractivity contribution in [3.63, 3.8) is 0 Å². The molecule has 1 N–H and O–H groups in total. The Bertz CT molecular complexity index is 1530. The van der Waals surface area contributed by atoms with E-state index in [0.29, 0.717) is 30.7 Å². The summed E-state index contributed by atoms with van der Waals surface area (Å²) < 4.78 is 5.38. The molecule has 204 valence electrons. The lowest BCUT2D eigenvalue weighted by Gasteiger charge is -2.31. The van der Waals surface area contributed by atoms with Crippen molar-refractivity contribution in [1.82, 2.24) is 10.2 Å². The number of anilines is 1. The Labute approximate surface area is 234 Å². The van der Waals surface area contributed by atoms with Crippen molar-refractivity contribution in [2.24, 2.45) is 0 Å². The van der Waals surface area contributed by atoms with Crippen molar-refractivity contribution in [2.45, 2.75) is 31.8 Å². The number of nitrogens with one attached hydrogen (secondary N) is 1. The summed E-state index contributed by atoms with van der Waals surface area (Å²) in [6.07, 6.45) is 1.05. The normalized spacial score (nSPS) is 12.8. The van der Waals surface area contributed by atoms with Crippen molar-refractivity contribution in [1.29, 1.82) is 0 Å². The third kappa shape index (κ3) is 5.54. The van der Waals surface area contributed by atoms with Gasteiger partial charge in [-0.3, -0.25) is 14.4 Å². The summed E-state index contributed by atoms with van der Waals surface area (Å²) in [5.74, 6) is 0.275. The second-order valence-electron chi connectivity index (χ2n) is 9.93. The molecule has 0 spiro atoms. The minimum Gasteiger partial charge on any atom is -0.497 e. The number of methoxy groups -OCH3 is 1. The van der Waals surface area contributed by atoms with Gasteiger partial charge in [0.2, 0.25) is 11.8 Å². The Kier molecular flexibility index (Phi) is 8.10. The fourth-order valence-electron chi connectivity index (χ4n) is 5.42. The smallest absolute Gasteiger partial charge is 0.258 e. The van der Waals surface area contributed by atoms with Crippen molar-refractivity contribution < 1.29 is 19.1 Å². The number of hydrogen-bond donors (Lipinski definition) is 1. The number of likely N-dealkylation sites (N-methyl/N-ethyl adjacent to an activating group) is 1. The molecule has 0 radical (unpaired) electrons. The van der Waals surface area contributed by atoms with Gasteiger partial charge in [-0.15, -0.1) is 0 Å². The highest BCUT2D eigenvalue weighted by molar-refractivity contribution is 6.25. The topological polar surface area (TPSA) is 79.0 Å². The summed E-state index contributed by atoms with van der Waals surface area (Å²) in [6.45, 7) is 0.670. The van der Waals surface area contributed by atoms with E-state index in [9.17, 15) is 14.4 Å². The van der Waals surface area contributed by atoms with Crippen molar-refractivity contribution in [3.05, 3.63) is 108 Å². The van der Waals surface area contributed by atoms with Crippen molar-refractivity contribution in [2.75, 3.05) is 25.6 Å². The largest absolute Gasteiger partial charge is 0.497 e. The van der Waals surface area contributed by atoms with E-state index in [4.69, 9.17) is 4.74 Å². The standard InChI is InChI=1S/C33H33N3O4/c1-34-32(38)29(21-23-10-4-3-5-11-23)36(22-24-12-6-15-26(20-24)40-2)30(37)18-9-19-35-28-17-8-14-25-13-7-16-27(31(25)28)33(35)39/h3-8,10-17,20,29H,9,18-19,21-22H2,1-2H3,(H,34,38)/t29-/m0/s1. The van der Waals surface area contributed by atoms with E-state index < -0.39 is 6.04 Å². The summed E-state index contributed by atoms with van der Waals surface area (Å²) in [5, 5.41) is 4.74. The van der Waals surface area contributed by atoms with E-state index in [-0.39, 0.29) is 30.7 Å². The lowest BCUT2D eigenvalue weighted by molar-refractivity contribution is -0.141. The SMILES string of the molecule is CNC(=O)[C@H](Cc1ccccc1)N(Cc1cccc(OC)c1)C(=O)CCCN1C(=O)c2cccc3cccc1c23. The molecule has 5 rings (SSSR count). The maximum atomic E-state index is 13.8. The molecule has 0 aromatic heterocycles. The van der Waals surface area contributed by atoms with Crippen LogP contribution in [0.15, 0.2) is 91.0 Å². The van der Waals surface area contributed by atoms with Crippen LogP contribution >= 0.6 is 0 Å². The molecular formula is C33H33N3O4. The Morgan fingerprint density at radius 1 is 0.925 bits per heavy atom. The highest BCUT2D eigenvalue weighted by Crippen LogP contribution is 2.37. The molecule has 0 saturated carbocycles. The van der Waals surface area contributed by atoms with Gasteiger partial charge in [0, 0.05) is 43.9 Å². The first kappa shape index (κ1) is 26.9. The van der Waals surface area contributed by atoms with Gasteiger partial charge in [0.15, 0.2) is 0 Å². The number of carbonyl (C=O) groups is 3. The molecule has 0 unspecified atom stereocenters. The summed E-state index contributed by atoms with van der Waals surface area (Å²) in [5.41, 5.74) is 3.41. The molecule has 1 heterocycles. The molecule has 1 aliphatic rings. The van der Waals surface area contributed by atoms with Gasteiger partial charge in [-0.1, -0.05) is 66.7 Å². The van der Waals surface area contributed by atoms with Crippen LogP contribution in [0.3, 0.4) is 0 Å². The van der Waals surface area contributed by atoms with Gasteiger partial charge in [0.1, 0.15) is 11.8 Å². The first-order valence-electron chi connectivity index (χ1n) is 13.5. The Morgan fingerprint density at radius 2 is 1.65 bits per heavy atom. The minimum atomic E-state index is -0.697. The average molecular weight is 536 g/mol. The average Bonchev–Trinajstić information content (AvgIpc) is 3.27. The molecule has 0 saturated heterocycles. The number of amides is 3. The zero-order chi connectivity index (χ0) is 28.1. The molecule has 0 fully saturated rings. The summed E-state index contributed by atoms with van der Waals surface area (Å²) in [6, 6.07) is 28.2. The molecule has 4 aromatic carbocycles. The maximum absolute atomic E-state index is 13.8. The van der Waals surface area contributed by atoms with Crippen LogP contribution in [-0.4, -0.2) is 49.4 Å². The fraction of sp³-hybridized carbons (Fsp3) is 0.242. The second-order valence-corrected chi connectivity index (χ2v) is 9.93. The number of hydrogen-bond acceptors (Lipinski definition) is 4. The first-order chi connectivity index (χ1) is 19.5. The summed E-state index contributed by atoms with van der Waals surface area (Å²) in [4.78, 5) is 43.6. The van der Waals surface area contributed by atoms with Crippen LogP contribution in [-0.2, 0) is 22.6 Å². The van der Waals surface area contributed by atoms with Crippen LogP contribution in [0.1, 0.15) is 34.3 Å². The van der Waals surface area contributed by atoms with Gasteiger partial charge in [-0.25, -0.2) is 0 Å². The third-order valence-electron chi connectivity index (χ3n) is 7.43. The van der Waals surface area contributed by atoms with E-state index >= 15 is 0 Å². The molecule has 1 atom stereocenters. The van der Waals surface area contributed by atoms with Gasteiger partial charge in [0.05, 0.1) is 12.8 Å². The number of carbonyl (C=O) groups excluding carboxylic acids is 3. The lowest BCUT2D eigenvalue weighted by Crippen LogP contribution is -2.49. The molecule has 1 aliphatic heterocycles. The zero-order valence-corrected chi connectivity index (χ0v) is 22.8. The van der Waals surface area contributed by atoms with E-state index in [1.165, 1.54) is 0 Å². The maximum Gasteiger partial charge on any atom is 0.258 e. The fourth-order valence-corrected chi connectivity index (χ4v) is 5.42. The van der Waals surface area contributed by atoms with E-state index in [2.05, 4.69) is 5.32 Å². The van der Waals surface area contributed by atoms with Crippen LogP contribution in [0.2, 0.25) is 0 Å². The van der Waals surface area contributed by atoms with Crippen LogP contribution in [0.25, 0.3) is 10.8 Å². The van der Waals surface area contributed by atoms with E-state index in [0.717, 1.165) is 27.6 Å². The summed E-state index contributed by atoms with van der Waals surface area (Å²) >= 11 is 0. The monoisotopic (exact) mass is 535 g/mol. The van der Waals surface area contributed by atoms with Gasteiger partial charge < -0.3 is 19.9 Å². The number of nitrogens with zero attached hydrogens (tertiary/aromatic N) is 2. The molecule has 7 nitrogen and oxygen atoms in total. The summed E-state index contributed by atoms with van der Waals surface area (Å²) in [7, 11) is 3.19. The first-order valence-corrected chi connectivity index (χ1v) is 13.5. The van der Waals surface area contributed by atoms with Gasteiger partial charge in [-0.2, -0.15) is 0 Å². The number of rotatable bonds is 11. The van der Waals surface area contributed by atoms with Crippen LogP contribution < -0.4 is 15.0 Å². The van der Waals surface area contributed by atoms with E-state index in [1.807, 2.05) is 91.0 Å². The zero-order valence-electron chi connectivity index (χ0n) is 22.8. The van der Waals surface area contributed by atoms with E-state index in [1.54, 1.807) is 24.0 Å². The molecular weight excluding hydrogens is 502 g/mol. The minimum absolute atomic E-state index is 0.0419. The van der Waals surface area contributed by atoms with Crippen LogP contribution in [0, 0.1) is 0 Å². The highest BCUT2D eigenvalue weighted by Gasteiger charge is 2.32. The van der Waals surface area contributed by atoms with Crippen molar-refractivity contribution in [3.8, 4) is 5.75 Å². The molecule has 4 aromatic rings. The van der Waals surface area contributed by atoms with Gasteiger partial charge >= 0.3 is 0 Å². The molecule has 40 heavy (non-hydrogen) atoms. The second kappa shape index (κ2) is 12.0. The van der Waals surface area contributed by atoms with Crippen LogP contribution in [0.5, 0.6) is 5.75 Å². The van der Waals surface area contributed by atoms with Gasteiger partial charge in [0.25, 0.3) is 5.91 Å². The Balaban J connectivity index is 1.36. The molecule has 0 bridgehead atoms. The Hall–Kier alpha value is -4.65. The molecule has 0 aliphatic carbocycles. The van der Waals surface area contributed by atoms with Crippen LogP contribution in [0.4, 0.5) is 5.69 Å². The predicted molar refractivity (Wildman–Crippen MR) is 156 cm³/mol. The number of benzene rings is 4. The number of ether oxygens (including phenoxy) is 1. The molecule has 7 heteroatoms. The molecule has 3 amide bonds. The quantitative estimate of drug-likeness (QED) is 0.294. The van der Waals surface area contributed by atoms with Crippen molar-refractivity contribution >= 4 is 34.2 Å². The van der Waals surface area contributed by atoms with Gasteiger partial charge in [-0.05, 0) is 47.2 Å². The highest BCUT2D eigenvalue weighted by atomic mass is 16.5. The Morgan fingerprint density at radius 3 is 2.40 bits per heavy atom.